The minimum atomic E-state index is 0.782. The van der Waals surface area contributed by atoms with E-state index in [0.717, 1.165) is 11.0 Å². The maximum absolute atomic E-state index is 3.72. The molecule has 0 bridgehead atoms. The molecule has 0 aromatic carbocycles. The number of aromatic nitrogens is 4. The molecular weight excluding hydrogens is 116 g/mol. The number of nitrogens with zero attached hydrogens (tertiary/aromatic N) is 3. The molecule has 4 nitrogen and oxygen atoms in total. The molecule has 0 amide bonds. The van der Waals surface area contributed by atoms with E-state index in [1.54, 1.807) is 12.4 Å². The lowest BCUT2D eigenvalue weighted by molar-refractivity contribution is 0.889. The number of H-pyrrole nitrogens is 1. The van der Waals surface area contributed by atoms with Crippen LogP contribution >= 0.6 is 0 Å². The minimum Gasteiger partial charge on any atom is -0.345 e. The number of hydrogen-bond acceptors (Lipinski definition) is 3. The Balaban J connectivity index is 2.95. The van der Waals surface area contributed by atoms with Crippen LogP contribution in [0, 0.1) is 0 Å². The summed E-state index contributed by atoms with van der Waals surface area (Å²) < 4.78 is 0. The molecule has 2 aromatic heterocycles. The Labute approximate surface area is 50.9 Å². The van der Waals surface area contributed by atoms with E-state index >= 15 is 0 Å². The van der Waals surface area contributed by atoms with Crippen molar-refractivity contribution in [2.45, 2.75) is 0 Å². The molecule has 0 aliphatic rings. The number of aromatic amines is 1. The Bertz CT molecular complexity index is 283. The van der Waals surface area contributed by atoms with Gasteiger partial charge in [0.15, 0.2) is 5.65 Å². The average Bonchev–Trinajstić information content (AvgIpc) is 2.33. The highest BCUT2D eigenvalue weighted by Gasteiger charge is 1.90. The molecule has 9 heavy (non-hydrogen) atoms. The number of rotatable bonds is 0. The van der Waals surface area contributed by atoms with Crippen LogP contribution in [0.1, 0.15) is 0 Å². The van der Waals surface area contributed by atoms with Crippen LogP contribution in [0.15, 0.2) is 18.5 Å². The highest BCUT2D eigenvalue weighted by atomic mass is 15.3. The zero-order chi connectivity index (χ0) is 6.10. The average molecular weight is 120 g/mol. The first kappa shape index (κ1) is 4.43. The van der Waals surface area contributed by atoms with Crippen LogP contribution < -0.4 is 0 Å². The van der Waals surface area contributed by atoms with Crippen molar-refractivity contribution in [1.82, 2.24) is 20.4 Å². The third-order valence-electron chi connectivity index (χ3n) is 1.15. The highest BCUT2D eigenvalue weighted by Crippen LogP contribution is 2.02. The van der Waals surface area contributed by atoms with Crippen LogP contribution in [0.5, 0.6) is 0 Å². The molecule has 0 aliphatic heterocycles. The van der Waals surface area contributed by atoms with Crippen molar-refractivity contribution in [3.8, 4) is 0 Å². The van der Waals surface area contributed by atoms with Gasteiger partial charge in [0, 0.05) is 11.6 Å². The van der Waals surface area contributed by atoms with Crippen molar-refractivity contribution >= 4 is 11.0 Å². The van der Waals surface area contributed by atoms with E-state index in [0.29, 0.717) is 0 Å². The van der Waals surface area contributed by atoms with Gasteiger partial charge < -0.3 is 4.98 Å². The summed E-state index contributed by atoms with van der Waals surface area (Å²) >= 11 is 0. The Morgan fingerprint density at radius 2 is 2.44 bits per heavy atom. The van der Waals surface area contributed by atoms with E-state index in [9.17, 15) is 0 Å². The van der Waals surface area contributed by atoms with E-state index in [1.165, 1.54) is 0 Å². The quantitative estimate of drug-likeness (QED) is 0.545. The molecule has 2 aromatic rings. The molecule has 0 spiro atoms. The van der Waals surface area contributed by atoms with Crippen molar-refractivity contribution in [3.63, 3.8) is 0 Å². The van der Waals surface area contributed by atoms with Gasteiger partial charge in [0.1, 0.15) is 0 Å². The molecule has 2 rings (SSSR count). The summed E-state index contributed by atoms with van der Waals surface area (Å²) in [5.41, 5.74) is 0.782. The van der Waals surface area contributed by atoms with Crippen molar-refractivity contribution in [2.75, 3.05) is 0 Å². The van der Waals surface area contributed by atoms with Gasteiger partial charge in [-0.1, -0.05) is 0 Å². The summed E-state index contributed by atoms with van der Waals surface area (Å²) in [6.45, 7) is 0. The van der Waals surface area contributed by atoms with Gasteiger partial charge in [-0.3, -0.25) is 0 Å². The summed E-state index contributed by atoms with van der Waals surface area (Å²) in [5.74, 6) is 0. The van der Waals surface area contributed by atoms with Gasteiger partial charge in [-0.15, -0.1) is 10.2 Å². The topological polar surface area (TPSA) is 54.5 Å². The fraction of sp³-hybridized carbons (Fsp3) is 0. The summed E-state index contributed by atoms with van der Waals surface area (Å²) in [6.07, 6.45) is 3.47. The summed E-state index contributed by atoms with van der Waals surface area (Å²) in [6, 6.07) is 1.90. The maximum Gasteiger partial charge on any atom is 0.163 e. The Morgan fingerprint density at radius 3 is 3.33 bits per heavy atom. The second-order valence-corrected chi connectivity index (χ2v) is 1.72. The first-order chi connectivity index (χ1) is 4.47. The Morgan fingerprint density at radius 1 is 1.44 bits per heavy atom. The molecule has 1 N–H and O–H groups in total. The van der Waals surface area contributed by atoms with Crippen LogP contribution in [-0.2, 0) is 0 Å². The SMILES string of the molecule is c1cc2cnnnc2[nH]1. The maximum atomic E-state index is 3.72. The molecule has 0 fully saturated rings. The predicted octanol–water partition coefficient (Wildman–Crippen LogP) is 0.353. The number of nitrogens with one attached hydrogen (secondary N) is 1. The second-order valence-electron chi connectivity index (χ2n) is 1.72. The second kappa shape index (κ2) is 1.51. The molecule has 44 valence electrons. The Hall–Kier alpha value is -1.45. The van der Waals surface area contributed by atoms with Crippen molar-refractivity contribution < 1.29 is 0 Å². The van der Waals surface area contributed by atoms with Crippen molar-refractivity contribution in [1.29, 1.82) is 0 Å². The minimum absolute atomic E-state index is 0.782. The summed E-state index contributed by atoms with van der Waals surface area (Å²) in [5, 5.41) is 11.8. The van der Waals surface area contributed by atoms with Gasteiger partial charge in [0.05, 0.1) is 6.20 Å². The first-order valence-corrected chi connectivity index (χ1v) is 2.58. The molecule has 4 heteroatoms. The molecule has 0 radical (unpaired) electrons. The van der Waals surface area contributed by atoms with Gasteiger partial charge in [0.25, 0.3) is 0 Å². The van der Waals surface area contributed by atoms with Gasteiger partial charge in [0.2, 0.25) is 0 Å². The largest absolute Gasteiger partial charge is 0.345 e. The van der Waals surface area contributed by atoms with E-state index in [1.807, 2.05) is 6.07 Å². The molecule has 0 saturated carbocycles. The first-order valence-electron chi connectivity index (χ1n) is 2.58. The zero-order valence-corrected chi connectivity index (χ0v) is 4.57. The molecule has 0 aliphatic carbocycles. The zero-order valence-electron chi connectivity index (χ0n) is 4.57. The van der Waals surface area contributed by atoms with Crippen LogP contribution in [0.3, 0.4) is 0 Å². The van der Waals surface area contributed by atoms with E-state index in [-0.39, 0.29) is 0 Å². The predicted molar refractivity (Wildman–Crippen MR) is 31.7 cm³/mol. The monoisotopic (exact) mass is 120 g/mol. The van der Waals surface area contributed by atoms with Crippen LogP contribution in [0.25, 0.3) is 11.0 Å². The molecular formula is C5H4N4. The standard InChI is InChI=1S/C5H4N4/c1-2-6-5-4(1)3-7-9-8-5/h1-3H,(H,6,7,8). The van der Waals surface area contributed by atoms with Crippen molar-refractivity contribution in [2.24, 2.45) is 0 Å². The van der Waals surface area contributed by atoms with E-state index in [2.05, 4.69) is 20.4 Å². The lowest BCUT2D eigenvalue weighted by Gasteiger charge is -1.79. The van der Waals surface area contributed by atoms with Crippen LogP contribution in [-0.4, -0.2) is 20.4 Å². The van der Waals surface area contributed by atoms with Gasteiger partial charge >= 0.3 is 0 Å². The number of hydrogen-bond donors (Lipinski definition) is 1. The Kier molecular flexibility index (Phi) is 0.745. The molecule has 0 atom stereocenters. The van der Waals surface area contributed by atoms with Gasteiger partial charge in [-0.2, -0.15) is 0 Å². The van der Waals surface area contributed by atoms with Crippen LogP contribution in [0.4, 0.5) is 0 Å². The van der Waals surface area contributed by atoms with Gasteiger partial charge in [-0.05, 0) is 11.3 Å². The third kappa shape index (κ3) is 0.561. The van der Waals surface area contributed by atoms with Crippen LogP contribution in [0.2, 0.25) is 0 Å². The third-order valence-corrected chi connectivity index (χ3v) is 1.15. The smallest absolute Gasteiger partial charge is 0.163 e. The van der Waals surface area contributed by atoms with Gasteiger partial charge in [-0.25, -0.2) is 0 Å². The van der Waals surface area contributed by atoms with Crippen molar-refractivity contribution in [3.05, 3.63) is 18.5 Å². The highest BCUT2D eigenvalue weighted by molar-refractivity contribution is 5.72. The fourth-order valence-corrected chi connectivity index (χ4v) is 0.722. The van der Waals surface area contributed by atoms with E-state index in [4.69, 9.17) is 0 Å². The van der Waals surface area contributed by atoms with E-state index < -0.39 is 0 Å². The normalized spacial score (nSPS) is 10.2. The summed E-state index contributed by atoms with van der Waals surface area (Å²) in [7, 11) is 0. The molecule has 2 heterocycles. The lowest BCUT2D eigenvalue weighted by atomic mass is 10.4. The number of fused-ring (bicyclic) bond motifs is 1. The summed E-state index contributed by atoms with van der Waals surface area (Å²) in [4.78, 5) is 2.91. The fourth-order valence-electron chi connectivity index (χ4n) is 0.722. The molecule has 0 unspecified atom stereocenters. The molecule has 0 saturated heterocycles. The lowest BCUT2D eigenvalue weighted by Crippen LogP contribution is -1.83.